The summed E-state index contributed by atoms with van der Waals surface area (Å²) in [6, 6.07) is 4.86. The van der Waals surface area contributed by atoms with E-state index in [4.69, 9.17) is 5.11 Å². The Morgan fingerprint density at radius 3 is 2.56 bits per heavy atom. The summed E-state index contributed by atoms with van der Waals surface area (Å²) < 4.78 is 13.9. The molecule has 1 saturated heterocycles. The summed E-state index contributed by atoms with van der Waals surface area (Å²) in [5.74, 6) is 0.0399. The van der Waals surface area contributed by atoms with Gasteiger partial charge in [0, 0.05) is 13.1 Å². The van der Waals surface area contributed by atoms with Gasteiger partial charge in [-0.1, -0.05) is 6.07 Å². The Bertz CT molecular complexity index is 401. The second kappa shape index (κ2) is 5.67. The van der Waals surface area contributed by atoms with Crippen molar-refractivity contribution in [1.82, 2.24) is 0 Å². The molecule has 18 heavy (non-hydrogen) atoms. The summed E-state index contributed by atoms with van der Waals surface area (Å²) in [5.41, 5.74) is 1.19. The number of hydrogen-bond acceptors (Lipinski definition) is 3. The van der Waals surface area contributed by atoms with Crippen molar-refractivity contribution in [2.75, 3.05) is 18.0 Å². The van der Waals surface area contributed by atoms with E-state index in [-0.39, 0.29) is 18.5 Å². The minimum Gasteiger partial charge on any atom is -0.393 e. The summed E-state index contributed by atoms with van der Waals surface area (Å²) >= 11 is 0. The van der Waals surface area contributed by atoms with Crippen LogP contribution in [0.25, 0.3) is 0 Å². The first-order valence-corrected chi connectivity index (χ1v) is 6.44. The molecule has 4 heteroatoms. The maximum absolute atomic E-state index is 13.9. The van der Waals surface area contributed by atoms with E-state index >= 15 is 0 Å². The van der Waals surface area contributed by atoms with Crippen molar-refractivity contribution in [3.05, 3.63) is 29.6 Å². The largest absolute Gasteiger partial charge is 0.393 e. The molecule has 100 valence electrons. The van der Waals surface area contributed by atoms with Crippen LogP contribution in [-0.2, 0) is 6.61 Å². The quantitative estimate of drug-likeness (QED) is 0.865. The third-order valence-corrected chi connectivity index (χ3v) is 3.76. The van der Waals surface area contributed by atoms with Gasteiger partial charge in [-0.15, -0.1) is 0 Å². The molecular weight excluding hydrogens is 233 g/mol. The predicted molar refractivity (Wildman–Crippen MR) is 68.9 cm³/mol. The van der Waals surface area contributed by atoms with E-state index in [1.807, 2.05) is 11.8 Å². The lowest BCUT2D eigenvalue weighted by atomic mass is 9.92. The van der Waals surface area contributed by atoms with Crippen molar-refractivity contribution >= 4 is 5.69 Å². The van der Waals surface area contributed by atoms with Gasteiger partial charge in [0.15, 0.2) is 0 Å². The number of aliphatic hydroxyl groups is 2. The third-order valence-electron chi connectivity index (χ3n) is 3.76. The lowest BCUT2D eigenvalue weighted by molar-refractivity contribution is 0.110. The molecule has 0 radical (unpaired) electrons. The van der Waals surface area contributed by atoms with Crippen LogP contribution in [0.4, 0.5) is 10.1 Å². The Morgan fingerprint density at radius 2 is 2.06 bits per heavy atom. The fourth-order valence-electron chi connectivity index (χ4n) is 2.53. The molecule has 0 aliphatic carbocycles. The van der Waals surface area contributed by atoms with Crippen LogP contribution in [0.3, 0.4) is 0 Å². The van der Waals surface area contributed by atoms with Crippen molar-refractivity contribution in [3.63, 3.8) is 0 Å². The molecule has 0 saturated carbocycles. The Kier molecular flexibility index (Phi) is 4.19. The molecule has 0 aromatic heterocycles. The zero-order valence-corrected chi connectivity index (χ0v) is 10.6. The maximum Gasteiger partial charge on any atom is 0.146 e. The van der Waals surface area contributed by atoms with Crippen LogP contribution >= 0.6 is 0 Å². The first-order valence-electron chi connectivity index (χ1n) is 6.44. The molecule has 0 bridgehead atoms. The summed E-state index contributed by atoms with van der Waals surface area (Å²) in [4.78, 5) is 2.01. The summed E-state index contributed by atoms with van der Waals surface area (Å²) in [6.45, 7) is 3.22. The number of aliphatic hydroxyl groups excluding tert-OH is 2. The van der Waals surface area contributed by atoms with Crippen LogP contribution in [0, 0.1) is 11.7 Å². The van der Waals surface area contributed by atoms with Crippen molar-refractivity contribution < 1.29 is 14.6 Å². The van der Waals surface area contributed by atoms with Gasteiger partial charge in [-0.3, -0.25) is 0 Å². The first-order chi connectivity index (χ1) is 8.61. The first kappa shape index (κ1) is 13.3. The van der Waals surface area contributed by atoms with Gasteiger partial charge in [-0.25, -0.2) is 4.39 Å². The van der Waals surface area contributed by atoms with Crippen molar-refractivity contribution in [2.24, 2.45) is 5.92 Å². The lowest BCUT2D eigenvalue weighted by Gasteiger charge is -2.35. The minimum absolute atomic E-state index is 0.138. The average Bonchev–Trinajstić information content (AvgIpc) is 2.38. The van der Waals surface area contributed by atoms with Gasteiger partial charge in [-0.05, 0) is 43.4 Å². The molecular formula is C14H20FNO2. The number of benzene rings is 1. The van der Waals surface area contributed by atoms with Gasteiger partial charge in [0.1, 0.15) is 5.82 Å². The fourth-order valence-corrected chi connectivity index (χ4v) is 2.53. The van der Waals surface area contributed by atoms with Crippen LogP contribution < -0.4 is 4.90 Å². The molecule has 1 fully saturated rings. The Hall–Kier alpha value is -1.13. The highest BCUT2D eigenvalue weighted by Gasteiger charge is 2.24. The molecule has 1 aliphatic rings. The molecule has 1 heterocycles. The Morgan fingerprint density at radius 1 is 1.39 bits per heavy atom. The number of halogens is 1. The highest BCUT2D eigenvalue weighted by Crippen LogP contribution is 2.27. The lowest BCUT2D eigenvalue weighted by Crippen LogP contribution is -2.37. The summed E-state index contributed by atoms with van der Waals surface area (Å²) in [6.07, 6.45) is 1.49. The normalized spacial score (nSPS) is 19.0. The zero-order valence-electron chi connectivity index (χ0n) is 10.6. The molecule has 1 aliphatic heterocycles. The SMILES string of the molecule is CC(O)C1CCN(c2ccc(CO)cc2F)CC1. The maximum atomic E-state index is 13.9. The van der Waals surface area contributed by atoms with Crippen molar-refractivity contribution in [2.45, 2.75) is 32.5 Å². The molecule has 0 spiro atoms. The highest BCUT2D eigenvalue weighted by atomic mass is 19.1. The Labute approximate surface area is 107 Å². The van der Waals surface area contributed by atoms with Crippen LogP contribution in [0.2, 0.25) is 0 Å². The van der Waals surface area contributed by atoms with E-state index in [1.165, 1.54) is 6.07 Å². The minimum atomic E-state index is -0.284. The second-order valence-electron chi connectivity index (χ2n) is 5.01. The van der Waals surface area contributed by atoms with Gasteiger partial charge >= 0.3 is 0 Å². The predicted octanol–water partition coefficient (Wildman–Crippen LogP) is 1.92. The number of anilines is 1. The molecule has 1 aromatic carbocycles. The van der Waals surface area contributed by atoms with Crippen molar-refractivity contribution in [3.8, 4) is 0 Å². The van der Waals surface area contributed by atoms with Crippen LogP contribution in [0.5, 0.6) is 0 Å². The second-order valence-corrected chi connectivity index (χ2v) is 5.01. The monoisotopic (exact) mass is 253 g/mol. The highest BCUT2D eigenvalue weighted by molar-refractivity contribution is 5.49. The van der Waals surface area contributed by atoms with Crippen LogP contribution in [0.15, 0.2) is 18.2 Å². The number of piperidine rings is 1. The fraction of sp³-hybridized carbons (Fsp3) is 0.571. The van der Waals surface area contributed by atoms with Gasteiger partial charge in [0.05, 0.1) is 18.4 Å². The van der Waals surface area contributed by atoms with E-state index < -0.39 is 0 Å². The summed E-state index contributed by atoms with van der Waals surface area (Å²) in [7, 11) is 0. The van der Waals surface area contributed by atoms with Gasteiger partial charge < -0.3 is 15.1 Å². The third kappa shape index (κ3) is 2.82. The smallest absolute Gasteiger partial charge is 0.146 e. The van der Waals surface area contributed by atoms with Gasteiger partial charge in [0.25, 0.3) is 0 Å². The standard InChI is InChI=1S/C14H20FNO2/c1-10(18)12-4-6-16(7-5-12)14-3-2-11(9-17)8-13(14)15/h2-3,8,10,12,17-18H,4-7,9H2,1H3. The van der Waals surface area contributed by atoms with Crippen LogP contribution in [0.1, 0.15) is 25.3 Å². The molecule has 2 N–H and O–H groups in total. The number of hydrogen-bond donors (Lipinski definition) is 2. The van der Waals surface area contributed by atoms with E-state index in [9.17, 15) is 9.50 Å². The number of nitrogens with zero attached hydrogens (tertiary/aromatic N) is 1. The average molecular weight is 253 g/mol. The van der Waals surface area contributed by atoms with E-state index in [1.54, 1.807) is 12.1 Å². The molecule has 2 rings (SSSR count). The number of rotatable bonds is 3. The van der Waals surface area contributed by atoms with Crippen LogP contribution in [-0.4, -0.2) is 29.4 Å². The van der Waals surface area contributed by atoms with E-state index in [0.717, 1.165) is 25.9 Å². The molecule has 1 unspecified atom stereocenters. The molecule has 3 nitrogen and oxygen atoms in total. The van der Waals surface area contributed by atoms with E-state index in [0.29, 0.717) is 17.2 Å². The molecule has 1 atom stereocenters. The topological polar surface area (TPSA) is 43.7 Å². The van der Waals surface area contributed by atoms with Crippen molar-refractivity contribution in [1.29, 1.82) is 0 Å². The summed E-state index contributed by atoms with van der Waals surface area (Å²) in [5, 5.41) is 18.5. The van der Waals surface area contributed by atoms with E-state index in [2.05, 4.69) is 0 Å². The van der Waals surface area contributed by atoms with Gasteiger partial charge in [0.2, 0.25) is 0 Å². The van der Waals surface area contributed by atoms with Gasteiger partial charge in [-0.2, -0.15) is 0 Å². The molecule has 0 amide bonds. The zero-order chi connectivity index (χ0) is 13.1. The molecule has 1 aromatic rings. The Balaban J connectivity index is 2.05.